The van der Waals surface area contributed by atoms with Crippen LogP contribution < -0.4 is 5.32 Å². The molecule has 1 N–H and O–H groups in total. The van der Waals surface area contributed by atoms with Crippen molar-refractivity contribution >= 4 is 0 Å². The van der Waals surface area contributed by atoms with E-state index in [0.717, 1.165) is 12.2 Å². The third-order valence-electron chi connectivity index (χ3n) is 4.72. The van der Waals surface area contributed by atoms with E-state index < -0.39 is 0 Å². The second-order valence-corrected chi connectivity index (χ2v) is 5.68. The topological polar surface area (TPSA) is 37.8 Å². The first-order chi connectivity index (χ1) is 8.63. The van der Waals surface area contributed by atoms with Crippen LogP contribution in [0.4, 0.5) is 0 Å². The molecule has 0 amide bonds. The number of nitrogens with zero attached hydrogens (tertiary/aromatic N) is 2. The molecule has 0 bridgehead atoms. The van der Waals surface area contributed by atoms with Crippen LogP contribution in [0.1, 0.15) is 57.3 Å². The number of nitrogens with one attached hydrogen (secondary N) is 1. The first kappa shape index (κ1) is 13.5. The molecule has 0 spiro atoms. The summed E-state index contributed by atoms with van der Waals surface area (Å²) in [6.07, 6.45) is 7.20. The molecule has 1 fully saturated rings. The van der Waals surface area contributed by atoms with Crippen molar-refractivity contribution in [3.05, 3.63) is 23.8 Å². The summed E-state index contributed by atoms with van der Waals surface area (Å²) in [6.45, 7) is 10.1. The van der Waals surface area contributed by atoms with Crippen LogP contribution in [-0.4, -0.2) is 22.6 Å². The van der Waals surface area contributed by atoms with Gasteiger partial charge in [0.1, 0.15) is 0 Å². The highest BCUT2D eigenvalue weighted by molar-refractivity contribution is 5.24. The Morgan fingerprint density at radius 3 is 2.67 bits per heavy atom. The second kappa shape index (κ2) is 5.35. The van der Waals surface area contributed by atoms with Crippen molar-refractivity contribution in [3.8, 4) is 0 Å². The lowest BCUT2D eigenvalue weighted by atomic mass is 9.54. The van der Waals surface area contributed by atoms with Crippen LogP contribution >= 0.6 is 0 Å². The van der Waals surface area contributed by atoms with Gasteiger partial charge in [-0.05, 0) is 38.1 Å². The molecule has 2 rings (SSSR count). The number of hydrogen-bond donors (Lipinski definition) is 1. The fourth-order valence-corrected chi connectivity index (χ4v) is 3.17. The summed E-state index contributed by atoms with van der Waals surface area (Å²) in [5, 5.41) is 3.68. The number of aromatic nitrogens is 2. The Hall–Kier alpha value is -0.960. The molecule has 1 aromatic heterocycles. The molecule has 0 radical (unpaired) electrons. The molecule has 3 nitrogen and oxygen atoms in total. The lowest BCUT2D eigenvalue weighted by molar-refractivity contribution is 0.0415. The normalized spacial score (nSPS) is 31.1. The standard InChI is InChI=1S/C15H25N3/c1-5-7-17-13-10-12(15(13,4)6-2)14-11(3)16-8-9-18-14/h8-9,12-13,17H,5-7,10H2,1-4H3. The lowest BCUT2D eigenvalue weighted by Gasteiger charge is -2.54. The average molecular weight is 247 g/mol. The molecule has 3 unspecified atom stereocenters. The molecule has 1 aromatic rings. The van der Waals surface area contributed by atoms with E-state index >= 15 is 0 Å². The van der Waals surface area contributed by atoms with E-state index in [1.165, 1.54) is 25.0 Å². The molecule has 0 saturated heterocycles. The monoisotopic (exact) mass is 247 g/mol. The maximum absolute atomic E-state index is 4.57. The molecule has 100 valence electrons. The Balaban J connectivity index is 2.15. The molecular weight excluding hydrogens is 222 g/mol. The van der Waals surface area contributed by atoms with Gasteiger partial charge >= 0.3 is 0 Å². The van der Waals surface area contributed by atoms with Crippen LogP contribution in [0, 0.1) is 12.3 Å². The van der Waals surface area contributed by atoms with Crippen molar-refractivity contribution in [1.29, 1.82) is 0 Å². The van der Waals surface area contributed by atoms with Gasteiger partial charge in [-0.1, -0.05) is 20.8 Å². The summed E-state index contributed by atoms with van der Waals surface area (Å²) in [5.41, 5.74) is 2.63. The van der Waals surface area contributed by atoms with Gasteiger partial charge in [-0.2, -0.15) is 0 Å². The van der Waals surface area contributed by atoms with Crippen molar-refractivity contribution < 1.29 is 0 Å². The zero-order chi connectivity index (χ0) is 13.2. The SMILES string of the molecule is CCCNC1CC(c2nccnc2C)C1(C)CC. The maximum Gasteiger partial charge on any atom is 0.0653 e. The molecule has 1 aliphatic rings. The third-order valence-corrected chi connectivity index (χ3v) is 4.72. The predicted octanol–water partition coefficient (Wildman–Crippen LogP) is 3.06. The smallest absolute Gasteiger partial charge is 0.0653 e. The summed E-state index contributed by atoms with van der Waals surface area (Å²) in [7, 11) is 0. The minimum atomic E-state index is 0.329. The fraction of sp³-hybridized carbons (Fsp3) is 0.733. The summed E-state index contributed by atoms with van der Waals surface area (Å²) >= 11 is 0. The number of hydrogen-bond acceptors (Lipinski definition) is 3. The predicted molar refractivity (Wildman–Crippen MR) is 74.6 cm³/mol. The average Bonchev–Trinajstić information content (AvgIpc) is 2.38. The Bertz CT molecular complexity index is 404. The molecule has 18 heavy (non-hydrogen) atoms. The van der Waals surface area contributed by atoms with Gasteiger partial charge in [-0.25, -0.2) is 0 Å². The van der Waals surface area contributed by atoms with Crippen LogP contribution in [0.3, 0.4) is 0 Å². The van der Waals surface area contributed by atoms with Gasteiger partial charge in [0.15, 0.2) is 0 Å². The molecular formula is C15H25N3. The Morgan fingerprint density at radius 2 is 2.06 bits per heavy atom. The van der Waals surface area contributed by atoms with Gasteiger partial charge in [-0.3, -0.25) is 9.97 Å². The van der Waals surface area contributed by atoms with Gasteiger partial charge < -0.3 is 5.32 Å². The van der Waals surface area contributed by atoms with Gasteiger partial charge in [0.05, 0.1) is 11.4 Å². The van der Waals surface area contributed by atoms with Gasteiger partial charge in [0, 0.05) is 24.4 Å². The van der Waals surface area contributed by atoms with Crippen molar-refractivity contribution in [2.45, 2.75) is 58.9 Å². The van der Waals surface area contributed by atoms with Crippen molar-refractivity contribution in [2.75, 3.05) is 6.54 Å². The van der Waals surface area contributed by atoms with Gasteiger partial charge in [0.2, 0.25) is 0 Å². The van der Waals surface area contributed by atoms with Crippen LogP contribution in [0.15, 0.2) is 12.4 Å². The first-order valence-electron chi connectivity index (χ1n) is 7.14. The second-order valence-electron chi connectivity index (χ2n) is 5.68. The van der Waals surface area contributed by atoms with Crippen LogP contribution in [-0.2, 0) is 0 Å². The van der Waals surface area contributed by atoms with Crippen LogP contribution in [0.2, 0.25) is 0 Å². The minimum absolute atomic E-state index is 0.329. The summed E-state index contributed by atoms with van der Waals surface area (Å²) in [6, 6.07) is 0.633. The van der Waals surface area contributed by atoms with E-state index in [4.69, 9.17) is 0 Å². The zero-order valence-electron chi connectivity index (χ0n) is 12.0. The lowest BCUT2D eigenvalue weighted by Crippen LogP contribution is -2.57. The molecule has 0 aromatic carbocycles. The Morgan fingerprint density at radius 1 is 1.33 bits per heavy atom. The minimum Gasteiger partial charge on any atom is -0.313 e. The van der Waals surface area contributed by atoms with Gasteiger partial charge in [0.25, 0.3) is 0 Å². The van der Waals surface area contributed by atoms with E-state index in [2.05, 4.69) is 43.0 Å². The number of rotatable bonds is 5. The highest BCUT2D eigenvalue weighted by atomic mass is 15.0. The molecule has 1 aliphatic carbocycles. The van der Waals surface area contributed by atoms with Gasteiger partial charge in [-0.15, -0.1) is 0 Å². The summed E-state index contributed by atoms with van der Waals surface area (Å²) < 4.78 is 0. The highest BCUT2D eigenvalue weighted by Crippen LogP contribution is 2.54. The van der Waals surface area contributed by atoms with E-state index in [1.54, 1.807) is 6.20 Å². The molecule has 1 saturated carbocycles. The number of aryl methyl sites for hydroxylation is 1. The summed E-state index contributed by atoms with van der Waals surface area (Å²) in [4.78, 5) is 8.95. The first-order valence-corrected chi connectivity index (χ1v) is 7.14. The van der Waals surface area contributed by atoms with E-state index in [9.17, 15) is 0 Å². The molecule has 3 heteroatoms. The Labute approximate surface area is 110 Å². The zero-order valence-corrected chi connectivity index (χ0v) is 12.0. The van der Waals surface area contributed by atoms with E-state index in [-0.39, 0.29) is 0 Å². The molecule has 3 atom stereocenters. The molecule has 0 aliphatic heterocycles. The summed E-state index contributed by atoms with van der Waals surface area (Å²) in [5.74, 6) is 0.561. The van der Waals surface area contributed by atoms with Crippen molar-refractivity contribution in [2.24, 2.45) is 5.41 Å². The fourth-order valence-electron chi connectivity index (χ4n) is 3.17. The Kier molecular flexibility index (Phi) is 4.00. The van der Waals surface area contributed by atoms with Crippen molar-refractivity contribution in [1.82, 2.24) is 15.3 Å². The third kappa shape index (κ3) is 2.16. The molecule has 1 heterocycles. The largest absolute Gasteiger partial charge is 0.313 e. The van der Waals surface area contributed by atoms with Crippen LogP contribution in [0.25, 0.3) is 0 Å². The maximum atomic E-state index is 4.57. The van der Waals surface area contributed by atoms with E-state index in [0.29, 0.717) is 17.4 Å². The highest BCUT2D eigenvalue weighted by Gasteiger charge is 2.51. The van der Waals surface area contributed by atoms with Crippen LogP contribution in [0.5, 0.6) is 0 Å². The van der Waals surface area contributed by atoms with E-state index in [1.807, 2.05) is 6.20 Å². The van der Waals surface area contributed by atoms with Crippen molar-refractivity contribution in [3.63, 3.8) is 0 Å². The quantitative estimate of drug-likeness (QED) is 0.869.